The normalized spacial score (nSPS) is 18.4. The first-order valence-corrected chi connectivity index (χ1v) is 15.8. The summed E-state index contributed by atoms with van der Waals surface area (Å²) < 4.78 is 5.76. The van der Waals surface area contributed by atoms with E-state index in [2.05, 4.69) is 26.2 Å². The third-order valence-electron chi connectivity index (χ3n) is 8.69. The van der Waals surface area contributed by atoms with Gasteiger partial charge >= 0.3 is 0 Å². The Morgan fingerprint density at radius 2 is 1.93 bits per heavy atom. The van der Waals surface area contributed by atoms with Crippen molar-refractivity contribution in [1.82, 2.24) is 19.8 Å². The van der Waals surface area contributed by atoms with Crippen molar-refractivity contribution in [3.05, 3.63) is 46.3 Å². The van der Waals surface area contributed by atoms with Crippen LogP contribution in [0.3, 0.4) is 0 Å². The predicted molar refractivity (Wildman–Crippen MR) is 171 cm³/mol. The van der Waals surface area contributed by atoms with Crippen molar-refractivity contribution in [3.8, 4) is 5.75 Å². The van der Waals surface area contributed by atoms with E-state index in [9.17, 15) is 14.4 Å². The van der Waals surface area contributed by atoms with Gasteiger partial charge < -0.3 is 29.7 Å². The number of ether oxygens (including phenoxy) is 1. The molecule has 13 heteroatoms. The highest BCUT2D eigenvalue weighted by Gasteiger charge is 2.37. The topological polar surface area (TPSA) is 114 Å². The van der Waals surface area contributed by atoms with Gasteiger partial charge in [0.25, 0.3) is 0 Å². The number of hydrogen-bond acceptors (Lipinski definition) is 10. The quantitative estimate of drug-likeness (QED) is 0.407. The Morgan fingerprint density at radius 1 is 1.14 bits per heavy atom. The van der Waals surface area contributed by atoms with E-state index in [0.717, 1.165) is 22.5 Å². The molecular weight excluding hydrogens is 580 g/mol. The number of carbonyl (C=O) groups excluding carboxylic acids is 3. The van der Waals surface area contributed by atoms with Crippen molar-refractivity contribution in [2.75, 3.05) is 73.4 Å². The molecule has 3 aliphatic rings. The Kier molecular flexibility index (Phi) is 8.41. The number of benzene rings is 1. The smallest absolute Gasteiger partial charge is 0.249 e. The van der Waals surface area contributed by atoms with E-state index in [1.807, 2.05) is 40.3 Å². The number of fused-ring (bicyclic) bond motifs is 2. The van der Waals surface area contributed by atoms with Crippen LogP contribution in [0.25, 0.3) is 0 Å². The van der Waals surface area contributed by atoms with Crippen molar-refractivity contribution in [2.24, 2.45) is 0 Å². The highest BCUT2D eigenvalue weighted by Crippen LogP contribution is 2.40. The number of carbonyl (C=O) groups is 3. The van der Waals surface area contributed by atoms with Gasteiger partial charge in [-0.3, -0.25) is 19.3 Å². The molecule has 0 aliphatic carbocycles. The molecule has 44 heavy (non-hydrogen) atoms. The molecule has 5 heterocycles. The molecular formula is C31H38N8O4S. The van der Waals surface area contributed by atoms with E-state index in [1.54, 1.807) is 43.5 Å². The second-order valence-corrected chi connectivity index (χ2v) is 12.3. The molecule has 1 atom stereocenters. The number of rotatable bonds is 8. The van der Waals surface area contributed by atoms with E-state index in [1.165, 1.54) is 0 Å². The van der Waals surface area contributed by atoms with Crippen LogP contribution in [0.5, 0.6) is 5.75 Å². The van der Waals surface area contributed by atoms with Crippen LogP contribution in [0.1, 0.15) is 30.7 Å². The average molecular weight is 619 g/mol. The van der Waals surface area contributed by atoms with Gasteiger partial charge in [-0.1, -0.05) is 13.0 Å². The Labute approximate surface area is 261 Å². The van der Waals surface area contributed by atoms with Crippen LogP contribution in [0.15, 0.2) is 35.8 Å². The Morgan fingerprint density at radius 3 is 2.61 bits per heavy atom. The number of aromatic nitrogens is 2. The van der Waals surface area contributed by atoms with Gasteiger partial charge in [-0.05, 0) is 35.9 Å². The zero-order valence-corrected chi connectivity index (χ0v) is 26.4. The minimum atomic E-state index is -0.326. The van der Waals surface area contributed by atoms with Gasteiger partial charge in [-0.25, -0.2) is 4.98 Å². The summed E-state index contributed by atoms with van der Waals surface area (Å²) in [6, 6.07) is 7.66. The number of thiophene rings is 1. The highest BCUT2D eigenvalue weighted by atomic mass is 32.1. The van der Waals surface area contributed by atoms with Crippen molar-refractivity contribution < 1.29 is 19.1 Å². The largest absolute Gasteiger partial charge is 0.494 e. The summed E-state index contributed by atoms with van der Waals surface area (Å²) >= 11 is 1.65. The molecule has 2 aromatic heterocycles. The van der Waals surface area contributed by atoms with E-state index in [4.69, 9.17) is 9.72 Å². The molecule has 0 bridgehead atoms. The number of anilines is 5. The fourth-order valence-electron chi connectivity index (χ4n) is 6.21. The SMILES string of the molecule is CC[C@@H]1C(=O)N(C)c2cnc(Nc3cc4c(cc3OC)N(C(=O)CN3CCN(C(C)=O)CC3)CC4)nc2N1Cc1cccs1. The second-order valence-electron chi connectivity index (χ2n) is 11.3. The lowest BCUT2D eigenvalue weighted by atomic mass is 10.1. The van der Waals surface area contributed by atoms with E-state index in [0.29, 0.717) is 81.1 Å². The van der Waals surface area contributed by atoms with Gasteiger partial charge in [0, 0.05) is 57.6 Å². The minimum absolute atomic E-state index is 0.0265. The first-order chi connectivity index (χ1) is 21.3. The van der Waals surface area contributed by atoms with Gasteiger partial charge in [-0.15, -0.1) is 11.3 Å². The van der Waals surface area contributed by atoms with Crippen LogP contribution < -0.4 is 24.8 Å². The molecule has 3 aromatic rings. The van der Waals surface area contributed by atoms with Gasteiger partial charge in [0.1, 0.15) is 17.5 Å². The van der Waals surface area contributed by atoms with Crippen LogP contribution >= 0.6 is 11.3 Å². The molecule has 0 spiro atoms. The number of methoxy groups -OCH3 is 1. The molecule has 1 saturated heterocycles. The lowest BCUT2D eigenvalue weighted by molar-refractivity contribution is -0.130. The van der Waals surface area contributed by atoms with Gasteiger partial charge in [-0.2, -0.15) is 4.98 Å². The molecule has 0 radical (unpaired) electrons. The molecule has 3 aliphatic heterocycles. The highest BCUT2D eigenvalue weighted by molar-refractivity contribution is 7.09. The number of likely N-dealkylation sites (N-methyl/N-ethyl adjacent to an activating group) is 1. The van der Waals surface area contributed by atoms with E-state index < -0.39 is 0 Å². The van der Waals surface area contributed by atoms with Crippen molar-refractivity contribution in [3.63, 3.8) is 0 Å². The number of nitrogens with one attached hydrogen (secondary N) is 1. The zero-order valence-electron chi connectivity index (χ0n) is 25.6. The summed E-state index contributed by atoms with van der Waals surface area (Å²) in [5.74, 6) is 1.81. The monoisotopic (exact) mass is 618 g/mol. The summed E-state index contributed by atoms with van der Waals surface area (Å²) in [6.45, 7) is 7.75. The molecule has 1 aromatic carbocycles. The van der Waals surface area contributed by atoms with Gasteiger partial charge in [0.2, 0.25) is 23.7 Å². The maximum absolute atomic E-state index is 13.3. The lowest BCUT2D eigenvalue weighted by Crippen LogP contribution is -2.52. The number of hydrogen-bond donors (Lipinski definition) is 1. The molecule has 232 valence electrons. The van der Waals surface area contributed by atoms with Crippen molar-refractivity contribution in [1.29, 1.82) is 0 Å². The van der Waals surface area contributed by atoms with E-state index in [-0.39, 0.29) is 23.8 Å². The van der Waals surface area contributed by atoms with Crippen LogP contribution in [-0.4, -0.2) is 97.0 Å². The maximum Gasteiger partial charge on any atom is 0.249 e. The van der Waals surface area contributed by atoms with Crippen LogP contribution in [-0.2, 0) is 27.3 Å². The summed E-state index contributed by atoms with van der Waals surface area (Å²) in [7, 11) is 3.37. The molecule has 6 rings (SSSR count). The fourth-order valence-corrected chi connectivity index (χ4v) is 6.91. The minimum Gasteiger partial charge on any atom is -0.494 e. The third-order valence-corrected chi connectivity index (χ3v) is 9.55. The summed E-state index contributed by atoms with van der Waals surface area (Å²) in [6.07, 6.45) is 3.07. The Balaban J connectivity index is 1.22. The van der Waals surface area contributed by atoms with Crippen LogP contribution in [0, 0.1) is 0 Å². The van der Waals surface area contributed by atoms with Crippen molar-refractivity contribution >= 4 is 57.9 Å². The first kappa shape index (κ1) is 29.8. The molecule has 1 N–H and O–H groups in total. The van der Waals surface area contributed by atoms with Crippen LogP contribution in [0.2, 0.25) is 0 Å². The molecule has 3 amide bonds. The molecule has 1 fully saturated rings. The predicted octanol–water partition coefficient (Wildman–Crippen LogP) is 3.11. The number of nitrogens with zero attached hydrogens (tertiary/aromatic N) is 7. The number of piperazine rings is 1. The van der Waals surface area contributed by atoms with Gasteiger partial charge in [0.15, 0.2) is 5.82 Å². The maximum atomic E-state index is 13.3. The average Bonchev–Trinajstić information content (AvgIpc) is 3.69. The van der Waals surface area contributed by atoms with Crippen molar-refractivity contribution in [2.45, 2.75) is 39.3 Å². The zero-order chi connectivity index (χ0) is 31.0. The third kappa shape index (κ3) is 5.69. The second kappa shape index (κ2) is 12.4. The summed E-state index contributed by atoms with van der Waals surface area (Å²) in [5, 5.41) is 5.38. The van der Waals surface area contributed by atoms with Crippen LogP contribution in [0.4, 0.5) is 28.8 Å². The Hall–Kier alpha value is -4.23. The fraction of sp³-hybridized carbons (Fsp3) is 0.452. The standard InChI is InChI=1S/C31H38N8O4S/c1-5-24-30(42)35(3)26-17-32-31(34-29(26)39(24)18-22-7-6-14-44-22)33-23-15-21-8-9-38(25(21)16-27(23)43-4)28(41)19-36-10-12-37(13-11-36)20(2)40/h6-7,14-17,24H,5,8-13,18-19H2,1-4H3,(H,32,33,34)/t24-/m1/s1. The Bertz CT molecular complexity index is 1560. The van der Waals surface area contributed by atoms with E-state index >= 15 is 0 Å². The summed E-state index contributed by atoms with van der Waals surface area (Å²) in [4.78, 5) is 58.3. The number of amides is 3. The lowest BCUT2D eigenvalue weighted by Gasteiger charge is -2.40. The first-order valence-electron chi connectivity index (χ1n) is 15.0. The van der Waals surface area contributed by atoms with Gasteiger partial charge in [0.05, 0.1) is 37.8 Å². The molecule has 12 nitrogen and oxygen atoms in total. The summed E-state index contributed by atoms with van der Waals surface area (Å²) in [5.41, 5.74) is 3.26. The molecule has 0 saturated carbocycles. The molecule has 0 unspecified atom stereocenters.